The molecule has 4 heterocycles. The Morgan fingerprint density at radius 2 is 0.509 bits per heavy atom. The number of hydrogen-bond donors (Lipinski definition) is 0. The van der Waals surface area contributed by atoms with Gasteiger partial charge in [0.1, 0.15) is 23.0 Å². The van der Waals surface area contributed by atoms with E-state index < -0.39 is 10.8 Å². The molecule has 2 spiro atoms. The maximum atomic E-state index is 10.4. The molecule has 2 aliphatic carbocycles. The molecule has 15 aromatic carbocycles. The van der Waals surface area contributed by atoms with Crippen LogP contribution < -0.4 is 9.47 Å². The molecule has 0 bridgehead atoms. The Hall–Kier alpha value is -15.0. The van der Waals surface area contributed by atoms with Gasteiger partial charge >= 0.3 is 0 Å². The Labute approximate surface area is 636 Å². The summed E-state index contributed by atoms with van der Waals surface area (Å²) in [5.41, 5.74) is 30.1. The summed E-state index contributed by atoms with van der Waals surface area (Å²) in [5, 5.41) is 20.6. The molecule has 0 saturated heterocycles. The maximum Gasteiger partial charge on any atom is 0.161 e. The number of fused-ring (bicyclic) bond motifs is 18. The zero-order valence-corrected chi connectivity index (χ0v) is 59.1. The monoisotopic (exact) mass is 1400 g/mol. The van der Waals surface area contributed by atoms with E-state index in [1.165, 1.54) is 0 Å². The van der Waals surface area contributed by atoms with E-state index in [-0.39, 0.29) is 0 Å². The molecule has 0 amide bonds. The molecule has 0 N–H and O–H groups in total. The van der Waals surface area contributed by atoms with E-state index in [1.807, 2.05) is 97.1 Å². The summed E-state index contributed by atoms with van der Waals surface area (Å²) in [5.74, 6) is 4.43. The predicted octanol–water partition coefficient (Wildman–Crippen LogP) is 24.6. The molecule has 4 aliphatic rings. The molecule has 0 saturated carbocycles. The molecule has 2 aromatic heterocycles. The summed E-state index contributed by atoms with van der Waals surface area (Å²) >= 11 is 0. The lowest BCUT2D eigenvalue weighted by Gasteiger charge is -2.39. The lowest BCUT2D eigenvalue weighted by Crippen LogP contribution is -2.32. The van der Waals surface area contributed by atoms with E-state index in [2.05, 4.69) is 279 Å². The minimum Gasteiger partial charge on any atom is -0.457 e. The van der Waals surface area contributed by atoms with E-state index in [4.69, 9.17) is 29.4 Å². The fourth-order valence-corrected chi connectivity index (χ4v) is 17.5. The van der Waals surface area contributed by atoms with Crippen LogP contribution in [0.3, 0.4) is 0 Å². The molecule has 110 heavy (non-hydrogen) atoms. The van der Waals surface area contributed by atoms with Gasteiger partial charge in [-0.1, -0.05) is 279 Å². The second-order valence-corrected chi connectivity index (χ2v) is 28.5. The van der Waals surface area contributed by atoms with Crippen LogP contribution in [-0.2, 0) is 10.8 Å². The minimum atomic E-state index is -0.774. The van der Waals surface area contributed by atoms with Gasteiger partial charge in [0.05, 0.1) is 56.9 Å². The van der Waals surface area contributed by atoms with Gasteiger partial charge in [0, 0.05) is 55.6 Å². The standard InChI is InChI=1S/C102H60N6O2/c103-61-63-37-49-78-80-51-47-73(57-89(80)101(87(78)53-63)83-29-9-13-33-95(83)109-96-34-14-10-30-84(96)101)67-41-39-65(40-42-67)71-23-17-25-75(55-71)93-60-92(105-99(106-93)70-21-5-2-6-22-70)69-45-43-66(44-46-69)72-24-18-26-76(56-72)94-59-91(68-19-3-1-4-20-68)107-100(108-94)82-28-8-7-27-77(82)74-48-52-81-79-50-38-64(62-104)54-88(79)102(90(81)58-74)85-31-11-15-35-97(85)110-98-36-16-12-32-86(98)102/h1-60H. The number of rotatable bonds is 10. The van der Waals surface area contributed by atoms with Crippen LogP contribution in [0.25, 0.3) is 135 Å². The molecule has 17 aromatic rings. The summed E-state index contributed by atoms with van der Waals surface area (Å²) in [7, 11) is 0. The molecule has 21 rings (SSSR count). The minimum absolute atomic E-state index is 0.603. The molecule has 0 fully saturated rings. The van der Waals surface area contributed by atoms with Gasteiger partial charge in [0.2, 0.25) is 0 Å². The summed E-state index contributed by atoms with van der Waals surface area (Å²) in [6.45, 7) is 0. The van der Waals surface area contributed by atoms with Crippen molar-refractivity contribution < 1.29 is 9.47 Å². The van der Waals surface area contributed by atoms with Gasteiger partial charge in [0.25, 0.3) is 0 Å². The van der Waals surface area contributed by atoms with Crippen molar-refractivity contribution in [3.05, 3.63) is 420 Å². The SMILES string of the molecule is N#Cc1ccc2c(c1)C1(c3ccccc3Oc3ccccc31)c1cc(-c3ccc(-c4cccc(-c5cc(-c6ccc(-c7cccc(-c8cc(-c9ccccc9)nc(-c9ccccc9-c9ccc%10c(c9)C9(c%11ccccc%11Oc%11ccccc%119)c9cc(C#N)ccc9-%10)n8)c7)cc6)nc(-c6ccccc6)n5)c4)cc3)ccc1-2. The number of aromatic nitrogens is 4. The van der Waals surface area contributed by atoms with Crippen molar-refractivity contribution in [3.8, 4) is 170 Å². The molecule has 0 radical (unpaired) electrons. The van der Waals surface area contributed by atoms with Gasteiger partial charge in [0.15, 0.2) is 11.6 Å². The number of benzene rings is 15. The van der Waals surface area contributed by atoms with Crippen molar-refractivity contribution >= 4 is 0 Å². The van der Waals surface area contributed by atoms with Gasteiger partial charge in [-0.2, -0.15) is 10.5 Å². The van der Waals surface area contributed by atoms with E-state index in [0.29, 0.717) is 22.8 Å². The van der Waals surface area contributed by atoms with Gasteiger partial charge in [-0.3, -0.25) is 0 Å². The molecule has 0 unspecified atom stereocenters. The second kappa shape index (κ2) is 25.4. The van der Waals surface area contributed by atoms with Crippen LogP contribution in [0.15, 0.2) is 364 Å². The van der Waals surface area contributed by atoms with Crippen molar-refractivity contribution in [2.45, 2.75) is 10.8 Å². The molecular formula is C102H60N6O2. The summed E-state index contributed by atoms with van der Waals surface area (Å²) in [6, 6.07) is 132. The number of para-hydroxylation sites is 4. The van der Waals surface area contributed by atoms with Crippen LogP contribution in [0.1, 0.15) is 55.6 Å². The summed E-state index contributed by atoms with van der Waals surface area (Å²) in [4.78, 5) is 21.5. The van der Waals surface area contributed by atoms with Crippen molar-refractivity contribution in [2.24, 2.45) is 0 Å². The molecular weight excluding hydrogens is 1340 g/mol. The Balaban J connectivity index is 0.603. The lowest BCUT2D eigenvalue weighted by atomic mass is 9.65. The smallest absolute Gasteiger partial charge is 0.161 e. The molecule has 2 aliphatic heterocycles. The first kappa shape index (κ1) is 63.5. The van der Waals surface area contributed by atoms with Crippen LogP contribution in [0.5, 0.6) is 23.0 Å². The van der Waals surface area contributed by atoms with E-state index in [9.17, 15) is 10.5 Å². The highest BCUT2D eigenvalue weighted by atomic mass is 16.5. The fraction of sp³-hybridized carbons (Fsp3) is 0.0196. The average molecular weight is 1400 g/mol. The molecule has 8 heteroatoms. The van der Waals surface area contributed by atoms with E-state index >= 15 is 0 Å². The Kier molecular flexibility index (Phi) is 14.7. The largest absolute Gasteiger partial charge is 0.457 e. The maximum absolute atomic E-state index is 10.4. The van der Waals surface area contributed by atoms with Crippen LogP contribution in [0, 0.1) is 22.7 Å². The highest BCUT2D eigenvalue weighted by Gasteiger charge is 2.53. The number of nitriles is 2. The van der Waals surface area contributed by atoms with Gasteiger partial charge in [-0.25, -0.2) is 19.9 Å². The lowest BCUT2D eigenvalue weighted by molar-refractivity contribution is 0.436. The Bertz CT molecular complexity index is 6660. The van der Waals surface area contributed by atoms with E-state index in [0.717, 1.165) is 190 Å². The Morgan fingerprint density at radius 1 is 0.200 bits per heavy atom. The highest BCUT2D eigenvalue weighted by molar-refractivity contribution is 5.95. The summed E-state index contributed by atoms with van der Waals surface area (Å²) < 4.78 is 13.3. The van der Waals surface area contributed by atoms with Gasteiger partial charge in [-0.15, -0.1) is 0 Å². The third-order valence-electron chi connectivity index (χ3n) is 22.6. The normalized spacial score (nSPS) is 13.0. The van der Waals surface area contributed by atoms with Crippen molar-refractivity contribution in [2.75, 3.05) is 0 Å². The molecule has 8 nitrogen and oxygen atoms in total. The zero-order chi connectivity index (χ0) is 73.0. The first-order chi connectivity index (χ1) is 54.4. The third-order valence-corrected chi connectivity index (χ3v) is 22.6. The zero-order valence-electron chi connectivity index (χ0n) is 59.1. The molecule has 510 valence electrons. The number of ether oxygens (including phenoxy) is 2. The van der Waals surface area contributed by atoms with Crippen molar-refractivity contribution in [3.63, 3.8) is 0 Å². The van der Waals surface area contributed by atoms with Crippen LogP contribution in [0.4, 0.5) is 0 Å². The fourth-order valence-electron chi connectivity index (χ4n) is 17.5. The van der Waals surface area contributed by atoms with Crippen LogP contribution in [0.2, 0.25) is 0 Å². The van der Waals surface area contributed by atoms with Gasteiger partial charge in [-0.05, 0) is 174 Å². The van der Waals surface area contributed by atoms with Crippen LogP contribution in [-0.4, -0.2) is 19.9 Å². The predicted molar refractivity (Wildman–Crippen MR) is 436 cm³/mol. The average Bonchev–Trinajstić information content (AvgIpc) is 1.51. The second-order valence-electron chi connectivity index (χ2n) is 28.5. The van der Waals surface area contributed by atoms with Crippen LogP contribution >= 0.6 is 0 Å². The summed E-state index contributed by atoms with van der Waals surface area (Å²) in [6.07, 6.45) is 0. The topological polar surface area (TPSA) is 118 Å². The highest BCUT2D eigenvalue weighted by Crippen LogP contribution is 2.65. The van der Waals surface area contributed by atoms with Gasteiger partial charge < -0.3 is 9.47 Å². The molecule has 0 atom stereocenters. The quantitative estimate of drug-likeness (QED) is 0.133. The number of nitrogens with zero attached hydrogens (tertiary/aromatic N) is 6. The van der Waals surface area contributed by atoms with E-state index in [1.54, 1.807) is 0 Å². The third kappa shape index (κ3) is 10.1. The first-order valence-corrected chi connectivity index (χ1v) is 36.9. The number of hydrogen-bond acceptors (Lipinski definition) is 8. The van der Waals surface area contributed by atoms with Crippen molar-refractivity contribution in [1.29, 1.82) is 10.5 Å². The first-order valence-electron chi connectivity index (χ1n) is 36.9. The van der Waals surface area contributed by atoms with Crippen molar-refractivity contribution in [1.82, 2.24) is 19.9 Å². The Morgan fingerprint density at radius 3 is 0.964 bits per heavy atom.